The number of ether oxygens (including phenoxy) is 2. The van der Waals surface area contributed by atoms with E-state index in [0.29, 0.717) is 48.5 Å². The van der Waals surface area contributed by atoms with E-state index in [-0.39, 0.29) is 23.8 Å². The number of carbonyl (C=O) groups excluding carboxylic acids is 2. The molecule has 2 aliphatic heterocycles. The monoisotopic (exact) mass is 379 g/mol. The number of hydrogen-bond acceptors (Lipinski definition) is 5. The zero-order valence-corrected chi connectivity index (χ0v) is 15.5. The number of nitrogens with one attached hydrogen (secondary N) is 2. The largest absolute Gasteiger partial charge is 0.491 e. The van der Waals surface area contributed by atoms with Crippen molar-refractivity contribution in [2.75, 3.05) is 26.9 Å². The average Bonchev–Trinajstić information content (AvgIpc) is 3.10. The molecule has 1 unspecified atom stereocenters. The van der Waals surface area contributed by atoms with E-state index >= 15 is 0 Å². The average molecular weight is 379 g/mol. The molecule has 5 rings (SSSR count). The maximum atomic E-state index is 12.9. The molecule has 1 aromatic heterocycles. The number of benzene rings is 1. The molecule has 3 aliphatic rings. The number of fused-ring (bicyclic) bond motifs is 2. The lowest BCUT2D eigenvalue weighted by Gasteiger charge is -2.13. The normalized spacial score (nSPS) is 26.8. The van der Waals surface area contributed by atoms with Crippen molar-refractivity contribution in [2.45, 2.75) is 12.0 Å². The minimum Gasteiger partial charge on any atom is -0.491 e. The van der Waals surface area contributed by atoms with Gasteiger partial charge in [0.1, 0.15) is 5.75 Å². The molecule has 4 atom stereocenters. The van der Waals surface area contributed by atoms with Gasteiger partial charge in [0, 0.05) is 54.4 Å². The van der Waals surface area contributed by atoms with Gasteiger partial charge in [-0.3, -0.25) is 14.6 Å². The third kappa shape index (κ3) is 2.74. The maximum Gasteiger partial charge on any atom is 0.254 e. The van der Waals surface area contributed by atoms with Gasteiger partial charge in [-0.1, -0.05) is 0 Å². The molecule has 28 heavy (non-hydrogen) atoms. The number of rotatable bonds is 4. The quantitative estimate of drug-likeness (QED) is 0.837. The Morgan fingerprint density at radius 3 is 2.54 bits per heavy atom. The Morgan fingerprint density at radius 2 is 1.82 bits per heavy atom. The minimum absolute atomic E-state index is 0.0390. The van der Waals surface area contributed by atoms with Crippen LogP contribution < -0.4 is 15.4 Å². The van der Waals surface area contributed by atoms with Crippen molar-refractivity contribution in [1.29, 1.82) is 0 Å². The van der Waals surface area contributed by atoms with E-state index in [0.717, 1.165) is 11.1 Å². The molecule has 0 spiro atoms. The van der Waals surface area contributed by atoms with Crippen molar-refractivity contribution < 1.29 is 19.1 Å². The van der Waals surface area contributed by atoms with Crippen LogP contribution in [0.2, 0.25) is 0 Å². The van der Waals surface area contributed by atoms with Gasteiger partial charge in [0.15, 0.2) is 0 Å². The first-order chi connectivity index (χ1) is 13.7. The molecule has 1 saturated heterocycles. The number of amides is 2. The molecular formula is C21H21N3O4. The summed E-state index contributed by atoms with van der Waals surface area (Å²) < 4.78 is 11.3. The number of carbonyl (C=O) groups is 2. The van der Waals surface area contributed by atoms with Gasteiger partial charge in [0.05, 0.1) is 25.4 Å². The number of nitrogens with zero attached hydrogens (tertiary/aromatic N) is 1. The highest BCUT2D eigenvalue weighted by Crippen LogP contribution is 2.45. The van der Waals surface area contributed by atoms with Crippen molar-refractivity contribution in [3.63, 3.8) is 0 Å². The predicted molar refractivity (Wildman–Crippen MR) is 100 cm³/mol. The van der Waals surface area contributed by atoms with E-state index in [1.807, 2.05) is 18.2 Å². The van der Waals surface area contributed by atoms with Crippen LogP contribution in [0.1, 0.15) is 37.8 Å². The van der Waals surface area contributed by atoms with E-state index in [9.17, 15) is 9.59 Å². The second-order valence-corrected chi connectivity index (χ2v) is 7.53. The molecule has 1 saturated carbocycles. The second-order valence-electron chi connectivity index (χ2n) is 7.53. The lowest BCUT2D eigenvalue weighted by atomic mass is 9.91. The lowest BCUT2D eigenvalue weighted by molar-refractivity contribution is 0.0929. The Kier molecular flexibility index (Phi) is 4.05. The summed E-state index contributed by atoms with van der Waals surface area (Å²) in [5, 5.41) is 5.74. The molecule has 2 fully saturated rings. The number of pyridine rings is 1. The molecule has 2 aromatic rings. The topological polar surface area (TPSA) is 89.6 Å². The van der Waals surface area contributed by atoms with Crippen molar-refractivity contribution in [3.8, 4) is 5.75 Å². The highest BCUT2D eigenvalue weighted by Gasteiger charge is 2.54. The molecular weight excluding hydrogens is 358 g/mol. The molecule has 0 radical (unpaired) electrons. The molecule has 0 bridgehead atoms. The van der Waals surface area contributed by atoms with Crippen LogP contribution in [0.15, 0.2) is 36.7 Å². The van der Waals surface area contributed by atoms with E-state index in [2.05, 4.69) is 15.6 Å². The Morgan fingerprint density at radius 1 is 1.07 bits per heavy atom. The van der Waals surface area contributed by atoms with Crippen LogP contribution in [0.3, 0.4) is 0 Å². The Labute approximate surface area is 162 Å². The lowest BCUT2D eigenvalue weighted by Crippen LogP contribution is -2.30. The molecule has 1 aromatic carbocycles. The fourth-order valence-corrected chi connectivity index (χ4v) is 4.32. The highest BCUT2D eigenvalue weighted by molar-refractivity contribution is 6.02. The highest BCUT2D eigenvalue weighted by atomic mass is 16.5. The van der Waals surface area contributed by atoms with E-state index in [1.54, 1.807) is 25.5 Å². The van der Waals surface area contributed by atoms with Crippen LogP contribution in [-0.2, 0) is 4.74 Å². The molecule has 2 N–H and O–H groups in total. The Balaban J connectivity index is 1.50. The molecule has 1 aliphatic carbocycles. The zero-order chi connectivity index (χ0) is 19.3. The summed E-state index contributed by atoms with van der Waals surface area (Å²) in [6.07, 6.45) is 3.47. The van der Waals surface area contributed by atoms with E-state index < -0.39 is 0 Å². The van der Waals surface area contributed by atoms with Crippen molar-refractivity contribution in [2.24, 2.45) is 11.8 Å². The minimum atomic E-state index is -0.266. The van der Waals surface area contributed by atoms with Crippen LogP contribution in [0.25, 0.3) is 0 Å². The van der Waals surface area contributed by atoms with Gasteiger partial charge < -0.3 is 20.1 Å². The van der Waals surface area contributed by atoms with Crippen LogP contribution in [0, 0.1) is 11.8 Å². The van der Waals surface area contributed by atoms with Crippen LogP contribution in [-0.4, -0.2) is 49.7 Å². The summed E-state index contributed by atoms with van der Waals surface area (Å²) in [5.41, 5.74) is 2.77. The first-order valence-electron chi connectivity index (χ1n) is 9.48. The smallest absolute Gasteiger partial charge is 0.254 e. The van der Waals surface area contributed by atoms with Crippen LogP contribution in [0.4, 0.5) is 0 Å². The summed E-state index contributed by atoms with van der Waals surface area (Å²) in [4.78, 5) is 29.4. The molecule has 3 heterocycles. The van der Waals surface area contributed by atoms with Gasteiger partial charge in [-0.15, -0.1) is 0 Å². The third-order valence-electron chi connectivity index (χ3n) is 5.98. The summed E-state index contributed by atoms with van der Waals surface area (Å²) in [7, 11) is 1.57. The first-order valence-corrected chi connectivity index (χ1v) is 9.48. The van der Waals surface area contributed by atoms with Crippen LogP contribution >= 0.6 is 0 Å². The predicted octanol–water partition coefficient (Wildman–Crippen LogP) is 1.34. The fraction of sp³-hybridized carbons (Fsp3) is 0.381. The van der Waals surface area contributed by atoms with E-state index in [4.69, 9.17) is 9.47 Å². The SMILES string of the molecule is CNC(=O)c1cc(C(=O)NC2[C@H]3COC[C@@H]23)cc2c1OC[C@H]2c1ccncc1. The fourth-order valence-electron chi connectivity index (χ4n) is 4.32. The summed E-state index contributed by atoms with van der Waals surface area (Å²) in [6.45, 7) is 1.85. The molecule has 7 nitrogen and oxygen atoms in total. The summed E-state index contributed by atoms with van der Waals surface area (Å²) in [5.74, 6) is 0.928. The van der Waals surface area contributed by atoms with Gasteiger partial charge in [-0.25, -0.2) is 0 Å². The Bertz CT molecular complexity index is 936. The molecule has 2 amide bonds. The van der Waals surface area contributed by atoms with Crippen molar-refractivity contribution >= 4 is 11.8 Å². The van der Waals surface area contributed by atoms with Gasteiger partial charge in [-0.05, 0) is 29.8 Å². The van der Waals surface area contributed by atoms with E-state index in [1.165, 1.54) is 0 Å². The van der Waals surface area contributed by atoms with Gasteiger partial charge in [0.25, 0.3) is 11.8 Å². The van der Waals surface area contributed by atoms with Crippen molar-refractivity contribution in [1.82, 2.24) is 15.6 Å². The van der Waals surface area contributed by atoms with Gasteiger partial charge in [-0.2, -0.15) is 0 Å². The standard InChI is InChI=1S/C21H21N3O4/c1-22-21(26)14-7-12(20(25)24-18-16-8-27-9-17(16)18)6-13-15(10-28-19(13)14)11-2-4-23-5-3-11/h2-7,15-18H,8-10H2,1H3,(H,22,26)(H,24,25)/t15-,16-,17+,18?/m0/s1. The zero-order valence-electron chi connectivity index (χ0n) is 15.5. The first kappa shape index (κ1) is 17.2. The number of hydrogen-bond donors (Lipinski definition) is 2. The molecule has 7 heteroatoms. The third-order valence-corrected chi connectivity index (χ3v) is 5.98. The molecule has 144 valence electrons. The van der Waals surface area contributed by atoms with Gasteiger partial charge >= 0.3 is 0 Å². The van der Waals surface area contributed by atoms with Crippen LogP contribution in [0.5, 0.6) is 5.75 Å². The Hall–Kier alpha value is -2.93. The maximum absolute atomic E-state index is 12.9. The summed E-state index contributed by atoms with van der Waals surface area (Å²) in [6, 6.07) is 7.51. The van der Waals surface area contributed by atoms with Gasteiger partial charge in [0.2, 0.25) is 0 Å². The second kappa shape index (κ2) is 6.60. The van der Waals surface area contributed by atoms with Crippen molar-refractivity contribution in [3.05, 3.63) is 58.9 Å². The summed E-state index contributed by atoms with van der Waals surface area (Å²) >= 11 is 0. The number of aromatic nitrogens is 1.